The van der Waals surface area contributed by atoms with Crippen molar-refractivity contribution in [2.45, 2.75) is 39.8 Å². The highest BCUT2D eigenvalue weighted by Gasteiger charge is 2.36. The minimum Gasteiger partial charge on any atom is -0.447 e. The summed E-state index contributed by atoms with van der Waals surface area (Å²) < 4.78 is 5.34. The molecule has 1 aliphatic rings. The molecule has 3 rings (SSSR count). The number of ether oxygens (including phenoxy) is 1. The van der Waals surface area contributed by atoms with Gasteiger partial charge in [-0.3, -0.25) is 14.7 Å². The van der Waals surface area contributed by atoms with E-state index in [2.05, 4.69) is 16.9 Å². The zero-order valence-corrected chi connectivity index (χ0v) is 20.1. The van der Waals surface area contributed by atoms with Gasteiger partial charge in [0.25, 0.3) is 5.91 Å². The van der Waals surface area contributed by atoms with Gasteiger partial charge in [0.15, 0.2) is 0 Å². The topological polar surface area (TPSA) is 97.0 Å². The molecule has 7 heteroatoms. The largest absolute Gasteiger partial charge is 0.447 e. The third kappa shape index (κ3) is 5.73. The molecule has 0 spiro atoms. The Bertz CT molecular complexity index is 1120. The molecule has 0 radical (unpaired) electrons. The molecule has 2 aromatic rings. The quantitative estimate of drug-likeness (QED) is 0.552. The fourth-order valence-corrected chi connectivity index (χ4v) is 3.69. The first-order valence-corrected chi connectivity index (χ1v) is 11.3. The molecule has 0 saturated carbocycles. The summed E-state index contributed by atoms with van der Waals surface area (Å²) in [6, 6.07) is 13.1. The molecule has 7 nitrogen and oxygen atoms in total. The third-order valence-electron chi connectivity index (χ3n) is 5.83. The summed E-state index contributed by atoms with van der Waals surface area (Å²) >= 11 is 0. The number of aryl methyl sites for hydroxylation is 1. The Morgan fingerprint density at radius 1 is 1.21 bits per heavy atom. The van der Waals surface area contributed by atoms with Crippen LogP contribution in [0.5, 0.6) is 0 Å². The van der Waals surface area contributed by atoms with Gasteiger partial charge in [0, 0.05) is 29.9 Å². The lowest BCUT2D eigenvalue weighted by Crippen LogP contribution is -2.38. The number of benzene rings is 2. The summed E-state index contributed by atoms with van der Waals surface area (Å²) in [5, 5.41) is 2.95. The number of anilines is 1. The Morgan fingerprint density at radius 3 is 2.56 bits per heavy atom. The Kier molecular flexibility index (Phi) is 7.89. The van der Waals surface area contributed by atoms with Crippen molar-refractivity contribution in [2.24, 2.45) is 16.6 Å². The smallest absolute Gasteiger partial charge is 0.414 e. The number of hydrogen-bond acceptors (Lipinski definition) is 5. The number of nitrogens with zero attached hydrogens (tertiary/aromatic N) is 2. The molecule has 1 fully saturated rings. The summed E-state index contributed by atoms with van der Waals surface area (Å²) in [5.41, 5.74) is 9.92. The van der Waals surface area contributed by atoms with E-state index in [0.717, 1.165) is 16.7 Å². The van der Waals surface area contributed by atoms with E-state index in [1.54, 1.807) is 17.2 Å². The third-order valence-corrected chi connectivity index (χ3v) is 5.83. The lowest BCUT2D eigenvalue weighted by molar-refractivity contribution is 0.0946. The van der Waals surface area contributed by atoms with Gasteiger partial charge < -0.3 is 15.8 Å². The number of rotatable bonds is 8. The van der Waals surface area contributed by atoms with E-state index < -0.39 is 6.09 Å². The fourth-order valence-electron chi connectivity index (χ4n) is 3.69. The van der Waals surface area contributed by atoms with Crippen molar-refractivity contribution in [2.75, 3.05) is 11.5 Å². The number of nitrogens with one attached hydrogen (secondary N) is 1. The van der Waals surface area contributed by atoms with Crippen LogP contribution in [0.2, 0.25) is 0 Å². The number of nitrogens with two attached hydrogens (primary N) is 1. The van der Waals surface area contributed by atoms with Gasteiger partial charge in [-0.1, -0.05) is 50.3 Å². The average Bonchev–Trinajstić information content (AvgIpc) is 3.21. The molecule has 0 aliphatic carbocycles. The Hall–Kier alpha value is -3.87. The molecule has 1 heterocycles. The first-order chi connectivity index (χ1) is 16.2. The number of aliphatic imine (C=N–C) groups is 1. The van der Waals surface area contributed by atoms with Crippen molar-refractivity contribution in [1.29, 1.82) is 0 Å². The van der Waals surface area contributed by atoms with Gasteiger partial charge in [0.1, 0.15) is 6.61 Å². The number of carbonyl (C=O) groups excluding carboxylic acids is 2. The molecule has 178 valence electrons. The zero-order valence-electron chi connectivity index (χ0n) is 20.1. The molecule has 1 aliphatic heterocycles. The SMILES string of the molecule is C=C(C=N/C=C\N)C(C)NC(=O)c1cc(-c2ccc(C)cc2)cc(N2C(=O)OC[C@@H]2C(C)C)c1. The highest BCUT2D eigenvalue weighted by atomic mass is 16.6. The van der Waals surface area contributed by atoms with Crippen molar-refractivity contribution in [1.82, 2.24) is 5.32 Å². The molecule has 2 aromatic carbocycles. The number of carbonyl (C=O) groups is 2. The normalized spacial score (nSPS) is 16.9. The molecular formula is C27H32N4O3. The van der Waals surface area contributed by atoms with E-state index in [0.29, 0.717) is 23.4 Å². The van der Waals surface area contributed by atoms with Gasteiger partial charge in [-0.05, 0) is 54.7 Å². The minimum absolute atomic E-state index is 0.109. The van der Waals surface area contributed by atoms with E-state index in [9.17, 15) is 9.59 Å². The van der Waals surface area contributed by atoms with Crippen LogP contribution in [0.4, 0.5) is 10.5 Å². The average molecular weight is 461 g/mol. The minimum atomic E-state index is -0.406. The maximum Gasteiger partial charge on any atom is 0.414 e. The van der Waals surface area contributed by atoms with Crippen LogP contribution in [0, 0.1) is 12.8 Å². The van der Waals surface area contributed by atoms with E-state index >= 15 is 0 Å². The standard InChI is InChI=1S/C27H32N4O3/c1-17(2)25-16-34-27(33)31(25)24-13-22(21-8-6-18(3)7-9-21)12-23(14-24)26(32)30-20(5)19(4)15-29-11-10-28/h6-15,17,20,25H,4,16,28H2,1-3,5H3,(H,30,32)/b11-10-,29-15?/t20?,25-/m1/s1. The van der Waals surface area contributed by atoms with E-state index in [4.69, 9.17) is 10.5 Å². The molecule has 0 bridgehead atoms. The van der Waals surface area contributed by atoms with Crippen LogP contribution >= 0.6 is 0 Å². The predicted molar refractivity (Wildman–Crippen MR) is 137 cm³/mol. The van der Waals surface area contributed by atoms with Gasteiger partial charge in [-0.25, -0.2) is 4.79 Å². The summed E-state index contributed by atoms with van der Waals surface area (Å²) in [5.74, 6) is -0.0859. The maximum atomic E-state index is 13.2. The first-order valence-electron chi connectivity index (χ1n) is 11.3. The molecule has 2 atom stereocenters. The van der Waals surface area contributed by atoms with Gasteiger partial charge in [0.05, 0.1) is 12.1 Å². The number of cyclic esters (lactones) is 1. The van der Waals surface area contributed by atoms with Gasteiger partial charge in [-0.2, -0.15) is 0 Å². The van der Waals surface area contributed by atoms with Crippen LogP contribution < -0.4 is 16.0 Å². The monoisotopic (exact) mass is 460 g/mol. The summed E-state index contributed by atoms with van der Waals surface area (Å²) in [4.78, 5) is 31.5. The summed E-state index contributed by atoms with van der Waals surface area (Å²) in [6.07, 6.45) is 3.91. The highest BCUT2D eigenvalue weighted by Crippen LogP contribution is 2.32. The van der Waals surface area contributed by atoms with Gasteiger partial charge in [-0.15, -0.1) is 0 Å². The zero-order chi connectivity index (χ0) is 24.8. The van der Waals surface area contributed by atoms with Crippen molar-refractivity contribution in [3.63, 3.8) is 0 Å². The van der Waals surface area contributed by atoms with Crippen LogP contribution in [0.3, 0.4) is 0 Å². The van der Waals surface area contributed by atoms with Crippen molar-refractivity contribution in [3.8, 4) is 11.1 Å². The highest BCUT2D eigenvalue weighted by molar-refractivity contribution is 6.00. The molecule has 1 saturated heterocycles. The molecule has 2 amide bonds. The second-order valence-electron chi connectivity index (χ2n) is 8.78. The number of amides is 2. The lowest BCUT2D eigenvalue weighted by Gasteiger charge is -2.25. The Labute approximate surface area is 201 Å². The molecule has 34 heavy (non-hydrogen) atoms. The fraction of sp³-hybridized carbons (Fsp3) is 0.296. The first kappa shape index (κ1) is 24.8. The lowest BCUT2D eigenvalue weighted by atomic mass is 9.98. The number of hydrogen-bond donors (Lipinski definition) is 2. The van der Waals surface area contributed by atoms with Crippen molar-refractivity contribution < 1.29 is 14.3 Å². The summed E-state index contributed by atoms with van der Waals surface area (Å²) in [7, 11) is 0. The molecule has 0 aromatic heterocycles. The van der Waals surface area contributed by atoms with E-state index in [-0.39, 0.29) is 23.9 Å². The Morgan fingerprint density at radius 2 is 1.91 bits per heavy atom. The maximum absolute atomic E-state index is 13.2. The predicted octanol–water partition coefficient (Wildman–Crippen LogP) is 4.82. The van der Waals surface area contributed by atoms with Crippen LogP contribution in [-0.4, -0.2) is 36.9 Å². The van der Waals surface area contributed by atoms with Crippen molar-refractivity contribution in [3.05, 3.63) is 78.1 Å². The molecule has 1 unspecified atom stereocenters. The van der Waals surface area contributed by atoms with Gasteiger partial charge >= 0.3 is 6.09 Å². The van der Waals surface area contributed by atoms with Crippen LogP contribution in [-0.2, 0) is 4.74 Å². The second-order valence-corrected chi connectivity index (χ2v) is 8.78. The van der Waals surface area contributed by atoms with E-state index in [1.807, 2.05) is 64.1 Å². The van der Waals surface area contributed by atoms with E-state index in [1.165, 1.54) is 12.4 Å². The van der Waals surface area contributed by atoms with Crippen LogP contribution in [0.25, 0.3) is 11.1 Å². The van der Waals surface area contributed by atoms with Crippen LogP contribution in [0.1, 0.15) is 36.7 Å². The second kappa shape index (κ2) is 10.8. The summed E-state index contributed by atoms with van der Waals surface area (Å²) in [6.45, 7) is 12.2. The van der Waals surface area contributed by atoms with Gasteiger partial charge in [0.2, 0.25) is 0 Å². The van der Waals surface area contributed by atoms with Crippen molar-refractivity contribution >= 4 is 23.9 Å². The van der Waals surface area contributed by atoms with Crippen LogP contribution in [0.15, 0.2) is 72.0 Å². The molecule has 3 N–H and O–H groups in total. The molecular weight excluding hydrogens is 428 g/mol. The Balaban J connectivity index is 1.99.